The Morgan fingerprint density at radius 2 is 1.59 bits per heavy atom. The molecule has 0 atom stereocenters. The summed E-state index contributed by atoms with van der Waals surface area (Å²) in [4.78, 5) is 21.9. The monoisotopic (exact) mass is 383 g/mol. The van der Waals surface area contributed by atoms with E-state index in [1.54, 1.807) is 22.2 Å². The van der Waals surface area contributed by atoms with Crippen LogP contribution in [0.4, 0.5) is 0 Å². The predicted octanol–water partition coefficient (Wildman–Crippen LogP) is 3.84. The summed E-state index contributed by atoms with van der Waals surface area (Å²) in [6.45, 7) is 3.62. The smallest absolute Gasteiger partial charge is 0.266 e. The molecule has 0 bridgehead atoms. The van der Waals surface area contributed by atoms with Crippen LogP contribution in [-0.4, -0.2) is 24.1 Å². The Morgan fingerprint density at radius 3 is 2.34 bits per heavy atom. The number of fused-ring (bicyclic) bond motifs is 3. The minimum absolute atomic E-state index is 0.153. The van der Waals surface area contributed by atoms with Gasteiger partial charge in [-0.3, -0.25) is 9.36 Å². The lowest BCUT2D eigenvalue weighted by Gasteiger charge is -2.10. The van der Waals surface area contributed by atoms with Gasteiger partial charge < -0.3 is 4.74 Å². The van der Waals surface area contributed by atoms with Gasteiger partial charge in [-0.15, -0.1) is 5.10 Å². The molecular weight excluding hydrogens is 366 g/mol. The highest BCUT2D eigenvalue weighted by Crippen LogP contribution is 2.22. The number of benzene rings is 2. The standard InChI is InChI=1S/C22H17N5O2/c1-14-20-19(27-22(23-14)24-15(2)25-27)12-13-26(21(20)28)16-8-10-18(11-9-16)29-17-6-4-3-5-7-17/h3-13H,1-2H3. The third-order valence-corrected chi connectivity index (χ3v) is 4.72. The lowest BCUT2D eigenvalue weighted by atomic mass is 10.2. The first-order valence-corrected chi connectivity index (χ1v) is 9.19. The number of aryl methyl sites for hydroxylation is 2. The zero-order valence-electron chi connectivity index (χ0n) is 15.9. The van der Waals surface area contributed by atoms with Gasteiger partial charge >= 0.3 is 0 Å². The van der Waals surface area contributed by atoms with E-state index < -0.39 is 0 Å². The molecule has 7 heteroatoms. The SMILES string of the molecule is Cc1nc2nc(C)c3c(=O)n(-c4ccc(Oc5ccccc5)cc4)ccc3n2n1. The highest BCUT2D eigenvalue weighted by Gasteiger charge is 2.14. The van der Waals surface area contributed by atoms with Crippen molar-refractivity contribution in [1.82, 2.24) is 24.1 Å². The van der Waals surface area contributed by atoms with Gasteiger partial charge in [-0.2, -0.15) is 9.50 Å². The van der Waals surface area contributed by atoms with Crippen molar-refractivity contribution in [2.24, 2.45) is 0 Å². The van der Waals surface area contributed by atoms with Crippen LogP contribution >= 0.6 is 0 Å². The van der Waals surface area contributed by atoms with Crippen molar-refractivity contribution < 1.29 is 4.74 Å². The van der Waals surface area contributed by atoms with Crippen LogP contribution in [-0.2, 0) is 0 Å². The van der Waals surface area contributed by atoms with Gasteiger partial charge in [-0.1, -0.05) is 18.2 Å². The number of hydrogen-bond acceptors (Lipinski definition) is 5. The van der Waals surface area contributed by atoms with Gasteiger partial charge in [0.05, 0.1) is 16.6 Å². The minimum Gasteiger partial charge on any atom is -0.457 e. The lowest BCUT2D eigenvalue weighted by Crippen LogP contribution is -2.20. The van der Waals surface area contributed by atoms with Gasteiger partial charge in [0, 0.05) is 11.9 Å². The Morgan fingerprint density at radius 1 is 0.862 bits per heavy atom. The summed E-state index contributed by atoms with van der Waals surface area (Å²) >= 11 is 0. The molecule has 3 aromatic heterocycles. The summed E-state index contributed by atoms with van der Waals surface area (Å²) in [7, 11) is 0. The number of para-hydroxylation sites is 1. The fourth-order valence-electron chi connectivity index (χ4n) is 3.39. The van der Waals surface area contributed by atoms with Gasteiger partial charge in [-0.05, 0) is 56.3 Å². The zero-order valence-corrected chi connectivity index (χ0v) is 15.9. The molecule has 5 aromatic rings. The maximum Gasteiger partial charge on any atom is 0.266 e. The molecule has 0 aliphatic carbocycles. The molecule has 0 radical (unpaired) electrons. The Kier molecular flexibility index (Phi) is 3.87. The summed E-state index contributed by atoms with van der Waals surface area (Å²) in [6, 6.07) is 18.8. The molecule has 7 nitrogen and oxygen atoms in total. The number of nitrogens with zero attached hydrogens (tertiary/aromatic N) is 5. The van der Waals surface area contributed by atoms with Gasteiger partial charge in [0.2, 0.25) is 0 Å². The van der Waals surface area contributed by atoms with E-state index in [1.165, 1.54) is 0 Å². The highest BCUT2D eigenvalue weighted by atomic mass is 16.5. The molecule has 5 rings (SSSR count). The van der Waals surface area contributed by atoms with E-state index >= 15 is 0 Å². The molecule has 0 aliphatic heterocycles. The second-order valence-corrected chi connectivity index (χ2v) is 6.73. The predicted molar refractivity (Wildman–Crippen MR) is 110 cm³/mol. The Balaban J connectivity index is 1.58. The molecule has 0 fully saturated rings. The molecule has 0 saturated heterocycles. The maximum absolute atomic E-state index is 13.2. The van der Waals surface area contributed by atoms with E-state index in [4.69, 9.17) is 4.74 Å². The summed E-state index contributed by atoms with van der Waals surface area (Å²) < 4.78 is 9.03. The summed E-state index contributed by atoms with van der Waals surface area (Å²) in [5, 5.41) is 4.88. The van der Waals surface area contributed by atoms with E-state index in [0.29, 0.717) is 33.9 Å². The number of hydrogen-bond donors (Lipinski definition) is 0. The van der Waals surface area contributed by atoms with Crippen molar-refractivity contribution in [3.8, 4) is 17.2 Å². The fraction of sp³-hybridized carbons (Fsp3) is 0.0909. The molecule has 29 heavy (non-hydrogen) atoms. The van der Waals surface area contributed by atoms with E-state index in [0.717, 1.165) is 11.4 Å². The normalized spacial score (nSPS) is 11.2. The Labute approximate surface area is 165 Å². The summed E-state index contributed by atoms with van der Waals surface area (Å²) in [6.07, 6.45) is 1.74. The highest BCUT2D eigenvalue weighted by molar-refractivity contribution is 5.82. The van der Waals surface area contributed by atoms with E-state index in [1.807, 2.05) is 67.6 Å². The average molecular weight is 383 g/mol. The molecular formula is C22H17N5O2. The molecule has 142 valence electrons. The average Bonchev–Trinajstić information content (AvgIpc) is 3.10. The number of rotatable bonds is 3. The van der Waals surface area contributed by atoms with Crippen LogP contribution in [0.1, 0.15) is 11.5 Å². The van der Waals surface area contributed by atoms with Crippen LogP contribution in [0.2, 0.25) is 0 Å². The van der Waals surface area contributed by atoms with Gasteiger partial charge in [0.15, 0.2) is 0 Å². The quantitative estimate of drug-likeness (QED) is 0.473. The van der Waals surface area contributed by atoms with Crippen molar-refractivity contribution in [2.75, 3.05) is 0 Å². The first-order chi connectivity index (χ1) is 14.1. The number of aromatic nitrogens is 5. The van der Waals surface area contributed by atoms with E-state index in [9.17, 15) is 4.79 Å². The molecule has 0 N–H and O–H groups in total. The van der Waals surface area contributed by atoms with Gasteiger partial charge in [0.25, 0.3) is 11.3 Å². The summed E-state index contributed by atoms with van der Waals surface area (Å²) in [5.74, 6) is 2.57. The Hall–Kier alpha value is -4.00. The van der Waals surface area contributed by atoms with Crippen molar-refractivity contribution in [3.63, 3.8) is 0 Å². The van der Waals surface area contributed by atoms with E-state index in [-0.39, 0.29) is 5.56 Å². The van der Waals surface area contributed by atoms with E-state index in [2.05, 4.69) is 15.1 Å². The molecule has 0 saturated carbocycles. The van der Waals surface area contributed by atoms with Gasteiger partial charge in [0.1, 0.15) is 17.3 Å². The van der Waals surface area contributed by atoms with Crippen LogP contribution in [0.5, 0.6) is 11.5 Å². The molecule has 0 aliphatic rings. The fourth-order valence-corrected chi connectivity index (χ4v) is 3.39. The van der Waals surface area contributed by atoms with Crippen molar-refractivity contribution in [2.45, 2.75) is 13.8 Å². The first-order valence-electron chi connectivity index (χ1n) is 9.19. The molecule has 0 spiro atoms. The largest absolute Gasteiger partial charge is 0.457 e. The topological polar surface area (TPSA) is 74.3 Å². The molecule has 0 amide bonds. The first kappa shape index (κ1) is 17.1. The number of pyridine rings is 1. The molecule has 0 unspecified atom stereocenters. The number of ether oxygens (including phenoxy) is 1. The second-order valence-electron chi connectivity index (χ2n) is 6.73. The van der Waals surface area contributed by atoms with Crippen molar-refractivity contribution in [3.05, 3.63) is 88.7 Å². The maximum atomic E-state index is 13.2. The van der Waals surface area contributed by atoms with Crippen LogP contribution < -0.4 is 10.3 Å². The Bertz CT molecular complexity index is 1400. The van der Waals surface area contributed by atoms with Crippen LogP contribution in [0.3, 0.4) is 0 Å². The van der Waals surface area contributed by atoms with Crippen LogP contribution in [0.15, 0.2) is 71.7 Å². The third-order valence-electron chi connectivity index (χ3n) is 4.72. The third kappa shape index (κ3) is 2.93. The lowest BCUT2D eigenvalue weighted by molar-refractivity contribution is 0.482. The molecule has 3 heterocycles. The zero-order chi connectivity index (χ0) is 20.0. The minimum atomic E-state index is -0.153. The van der Waals surface area contributed by atoms with Gasteiger partial charge in [-0.25, -0.2) is 4.98 Å². The van der Waals surface area contributed by atoms with Crippen LogP contribution in [0, 0.1) is 13.8 Å². The van der Waals surface area contributed by atoms with Crippen molar-refractivity contribution in [1.29, 1.82) is 0 Å². The van der Waals surface area contributed by atoms with Crippen molar-refractivity contribution >= 4 is 16.7 Å². The second kappa shape index (κ2) is 6.56. The summed E-state index contributed by atoms with van der Waals surface area (Å²) in [5.41, 5.74) is 1.91. The molecule has 2 aromatic carbocycles. The van der Waals surface area contributed by atoms with Crippen LogP contribution in [0.25, 0.3) is 22.4 Å².